The molecule has 0 fully saturated rings. The SMILES string of the molecule is CCc1nc2c(c(=O)n(C)c(=O)n2-c2ccc(Cl)cc2Cl)n1Cc1cccc2ccccc12. The molecule has 0 aliphatic heterocycles. The molecule has 0 unspecified atom stereocenters. The monoisotopic (exact) mass is 478 g/mol. The van der Waals surface area contributed by atoms with E-state index in [4.69, 9.17) is 28.2 Å². The van der Waals surface area contributed by atoms with E-state index in [0.717, 1.165) is 20.9 Å². The molecular weight excluding hydrogens is 459 g/mol. The van der Waals surface area contributed by atoms with E-state index in [2.05, 4.69) is 18.2 Å². The van der Waals surface area contributed by atoms with Crippen molar-refractivity contribution in [3.05, 3.63) is 103 Å². The average molecular weight is 479 g/mol. The van der Waals surface area contributed by atoms with Gasteiger partial charge < -0.3 is 4.57 Å². The maximum atomic E-state index is 13.3. The summed E-state index contributed by atoms with van der Waals surface area (Å²) in [7, 11) is 1.46. The molecule has 0 amide bonds. The molecule has 0 saturated heterocycles. The highest BCUT2D eigenvalue weighted by atomic mass is 35.5. The normalized spacial score (nSPS) is 11.5. The highest BCUT2D eigenvalue weighted by Gasteiger charge is 2.22. The van der Waals surface area contributed by atoms with E-state index in [9.17, 15) is 9.59 Å². The molecule has 3 aromatic carbocycles. The Balaban J connectivity index is 1.83. The molecule has 0 saturated carbocycles. The summed E-state index contributed by atoms with van der Waals surface area (Å²) in [5.41, 5.74) is 1.20. The molecule has 0 radical (unpaired) electrons. The molecule has 0 spiro atoms. The topological polar surface area (TPSA) is 61.8 Å². The van der Waals surface area contributed by atoms with E-state index in [1.807, 2.05) is 35.8 Å². The lowest BCUT2D eigenvalue weighted by Crippen LogP contribution is -2.38. The van der Waals surface area contributed by atoms with E-state index < -0.39 is 11.2 Å². The Labute approximate surface area is 199 Å². The van der Waals surface area contributed by atoms with E-state index >= 15 is 0 Å². The number of imidazole rings is 1. The third-order valence-electron chi connectivity index (χ3n) is 5.90. The van der Waals surface area contributed by atoms with Crippen LogP contribution in [0.25, 0.3) is 27.6 Å². The van der Waals surface area contributed by atoms with Gasteiger partial charge in [-0.15, -0.1) is 0 Å². The zero-order chi connectivity index (χ0) is 23.3. The van der Waals surface area contributed by atoms with E-state index in [-0.39, 0.29) is 5.65 Å². The summed E-state index contributed by atoms with van der Waals surface area (Å²) in [4.78, 5) is 31.2. The van der Waals surface area contributed by atoms with Gasteiger partial charge in [0.25, 0.3) is 5.56 Å². The zero-order valence-corrected chi connectivity index (χ0v) is 19.6. The summed E-state index contributed by atoms with van der Waals surface area (Å²) < 4.78 is 4.38. The van der Waals surface area contributed by atoms with Crippen LogP contribution in [0, 0.1) is 0 Å². The third kappa shape index (κ3) is 3.46. The molecule has 5 rings (SSSR count). The number of aryl methyl sites for hydroxylation is 1. The summed E-state index contributed by atoms with van der Waals surface area (Å²) in [6.45, 7) is 2.42. The maximum Gasteiger partial charge on any atom is 0.337 e. The van der Waals surface area contributed by atoms with Crippen molar-refractivity contribution in [2.45, 2.75) is 19.9 Å². The minimum atomic E-state index is -0.519. The van der Waals surface area contributed by atoms with Crippen LogP contribution >= 0.6 is 23.2 Å². The van der Waals surface area contributed by atoms with Crippen molar-refractivity contribution < 1.29 is 0 Å². The van der Waals surface area contributed by atoms with Gasteiger partial charge in [0.2, 0.25) is 0 Å². The van der Waals surface area contributed by atoms with E-state index in [1.54, 1.807) is 18.2 Å². The lowest BCUT2D eigenvalue weighted by atomic mass is 10.0. The number of hydrogen-bond acceptors (Lipinski definition) is 3. The number of aromatic nitrogens is 4. The largest absolute Gasteiger partial charge is 0.337 e. The first-order chi connectivity index (χ1) is 15.9. The van der Waals surface area contributed by atoms with Crippen molar-refractivity contribution in [2.24, 2.45) is 7.05 Å². The van der Waals surface area contributed by atoms with Gasteiger partial charge in [0, 0.05) is 18.5 Å². The second-order valence-electron chi connectivity index (χ2n) is 7.86. The second-order valence-corrected chi connectivity index (χ2v) is 8.70. The number of halogens is 2. The fourth-order valence-electron chi connectivity index (χ4n) is 4.26. The Hall–Kier alpha value is -3.35. The van der Waals surface area contributed by atoms with Gasteiger partial charge >= 0.3 is 5.69 Å². The van der Waals surface area contributed by atoms with Gasteiger partial charge in [-0.05, 0) is 34.5 Å². The highest BCUT2D eigenvalue weighted by Crippen LogP contribution is 2.27. The first-order valence-corrected chi connectivity index (χ1v) is 11.3. The average Bonchev–Trinajstić information content (AvgIpc) is 3.17. The number of rotatable bonds is 4. The summed E-state index contributed by atoms with van der Waals surface area (Å²) in [5, 5.41) is 2.98. The number of nitrogens with zero attached hydrogens (tertiary/aromatic N) is 4. The molecule has 2 aromatic heterocycles. The molecule has 0 bridgehead atoms. The van der Waals surface area contributed by atoms with Crippen molar-refractivity contribution in [3.63, 3.8) is 0 Å². The lowest BCUT2D eigenvalue weighted by molar-refractivity contribution is 0.727. The second kappa shape index (κ2) is 8.21. The van der Waals surface area contributed by atoms with Crippen LogP contribution in [0.15, 0.2) is 70.3 Å². The van der Waals surface area contributed by atoms with Crippen molar-refractivity contribution in [3.8, 4) is 5.69 Å². The first-order valence-electron chi connectivity index (χ1n) is 10.5. The van der Waals surface area contributed by atoms with Crippen LogP contribution in [0.2, 0.25) is 10.0 Å². The summed E-state index contributed by atoms with van der Waals surface area (Å²) >= 11 is 12.5. The van der Waals surface area contributed by atoms with E-state index in [0.29, 0.717) is 40.0 Å². The zero-order valence-electron chi connectivity index (χ0n) is 18.0. The number of fused-ring (bicyclic) bond motifs is 2. The summed E-state index contributed by atoms with van der Waals surface area (Å²) in [6.07, 6.45) is 0.588. The quantitative estimate of drug-likeness (QED) is 0.366. The van der Waals surface area contributed by atoms with Crippen molar-refractivity contribution in [1.29, 1.82) is 0 Å². The van der Waals surface area contributed by atoms with Gasteiger partial charge in [0.1, 0.15) is 5.82 Å². The molecule has 166 valence electrons. The first kappa shape index (κ1) is 21.5. The molecule has 6 nitrogen and oxygen atoms in total. The van der Waals surface area contributed by atoms with Crippen LogP contribution < -0.4 is 11.2 Å². The van der Waals surface area contributed by atoms with Crippen LogP contribution in [-0.2, 0) is 20.0 Å². The Morgan fingerprint density at radius 3 is 2.48 bits per heavy atom. The fourth-order valence-corrected chi connectivity index (χ4v) is 4.75. The Morgan fingerprint density at radius 1 is 0.970 bits per heavy atom. The fraction of sp³-hybridized carbons (Fsp3) is 0.160. The van der Waals surface area contributed by atoms with Gasteiger partial charge in [-0.2, -0.15) is 0 Å². The molecule has 8 heteroatoms. The predicted octanol–water partition coefficient (Wildman–Crippen LogP) is 4.96. The molecule has 5 aromatic rings. The summed E-state index contributed by atoms with van der Waals surface area (Å²) in [5.74, 6) is 0.708. The van der Waals surface area contributed by atoms with Crippen LogP contribution in [0.5, 0.6) is 0 Å². The molecule has 0 atom stereocenters. The maximum absolute atomic E-state index is 13.3. The number of hydrogen-bond donors (Lipinski definition) is 0. The van der Waals surface area contributed by atoms with Crippen LogP contribution in [0.4, 0.5) is 0 Å². The minimum Gasteiger partial charge on any atom is -0.318 e. The van der Waals surface area contributed by atoms with Crippen molar-refractivity contribution in [1.82, 2.24) is 18.7 Å². The molecule has 2 heterocycles. The molecular formula is C25H20Cl2N4O2. The van der Waals surface area contributed by atoms with E-state index in [1.165, 1.54) is 11.6 Å². The van der Waals surface area contributed by atoms with Gasteiger partial charge in [-0.25, -0.2) is 14.3 Å². The standard InChI is InChI=1S/C25H20Cl2N4O2/c1-3-21-28-23-22(30(21)14-16-9-6-8-15-7-4-5-10-18(15)16)24(32)29(2)25(33)31(23)20-12-11-17(26)13-19(20)27/h4-13H,3,14H2,1-2H3. The number of benzene rings is 3. The smallest absolute Gasteiger partial charge is 0.318 e. The minimum absolute atomic E-state index is 0.282. The van der Waals surface area contributed by atoms with Gasteiger partial charge in [0.05, 0.1) is 17.3 Å². The van der Waals surface area contributed by atoms with Crippen molar-refractivity contribution in [2.75, 3.05) is 0 Å². The third-order valence-corrected chi connectivity index (χ3v) is 6.44. The highest BCUT2D eigenvalue weighted by molar-refractivity contribution is 6.35. The van der Waals surface area contributed by atoms with Gasteiger partial charge in [-0.3, -0.25) is 9.36 Å². The summed E-state index contributed by atoms with van der Waals surface area (Å²) in [6, 6.07) is 19.1. The lowest BCUT2D eigenvalue weighted by Gasteiger charge is -2.13. The van der Waals surface area contributed by atoms with Crippen LogP contribution in [0.3, 0.4) is 0 Å². The molecule has 0 aliphatic carbocycles. The Bertz CT molecular complexity index is 1660. The molecule has 0 N–H and O–H groups in total. The Kier molecular flexibility index (Phi) is 5.35. The van der Waals surface area contributed by atoms with Crippen LogP contribution in [-0.4, -0.2) is 18.7 Å². The van der Waals surface area contributed by atoms with Gasteiger partial charge in [0.15, 0.2) is 11.2 Å². The van der Waals surface area contributed by atoms with Crippen molar-refractivity contribution >= 4 is 45.1 Å². The molecule has 0 aliphatic rings. The van der Waals surface area contributed by atoms with Crippen LogP contribution in [0.1, 0.15) is 18.3 Å². The Morgan fingerprint density at radius 2 is 1.73 bits per heavy atom. The predicted molar refractivity (Wildman–Crippen MR) is 133 cm³/mol. The molecule has 33 heavy (non-hydrogen) atoms. The van der Waals surface area contributed by atoms with Gasteiger partial charge in [-0.1, -0.05) is 72.6 Å².